The Morgan fingerprint density at radius 3 is 2.38 bits per heavy atom. The summed E-state index contributed by atoms with van der Waals surface area (Å²) in [5.74, 6) is -6.26. The van der Waals surface area contributed by atoms with Crippen LogP contribution in [-0.2, 0) is 9.59 Å². The Morgan fingerprint density at radius 1 is 1.07 bits per heavy atom. The summed E-state index contributed by atoms with van der Waals surface area (Å²) in [6, 6.07) is 2.92. The standard InChI is InChI=1S/C28H32F5N7O2/c1-15-12-40(13-16(2)38(15)3)24-8-22(30)19(17-4-5-39(14-17)27-35-9-18(29)10-36-27)6-23(24)37-26(42)20-11-34-25(41)7-21(20)28(31,32)33/h4,6,8-10,15-16,20-21H,5,7,11-14H2,1-3H3,(H,34,41)(H,37,42)/t15-,16+,20?,21?. The summed E-state index contributed by atoms with van der Waals surface area (Å²) in [5.41, 5.74) is 1.26. The average molecular weight is 594 g/mol. The van der Waals surface area contributed by atoms with Crippen LogP contribution in [0.15, 0.2) is 30.6 Å². The molecule has 0 saturated carbocycles. The van der Waals surface area contributed by atoms with Crippen LogP contribution >= 0.6 is 0 Å². The van der Waals surface area contributed by atoms with Crippen molar-refractivity contribution in [3.8, 4) is 0 Å². The number of aromatic nitrogens is 2. The largest absolute Gasteiger partial charge is 0.393 e. The summed E-state index contributed by atoms with van der Waals surface area (Å²) < 4.78 is 70.5. The van der Waals surface area contributed by atoms with Crippen molar-refractivity contribution in [1.82, 2.24) is 20.2 Å². The number of rotatable bonds is 5. The van der Waals surface area contributed by atoms with Crippen LogP contribution in [0.2, 0.25) is 0 Å². The number of hydrogen-bond donors (Lipinski definition) is 2. The van der Waals surface area contributed by atoms with Gasteiger partial charge in [-0.3, -0.25) is 14.5 Å². The molecule has 2 unspecified atom stereocenters. The second-order valence-electron chi connectivity index (χ2n) is 11.2. The summed E-state index contributed by atoms with van der Waals surface area (Å²) in [5, 5.41) is 5.02. The van der Waals surface area contributed by atoms with Gasteiger partial charge in [0.2, 0.25) is 17.8 Å². The first-order chi connectivity index (χ1) is 19.8. The van der Waals surface area contributed by atoms with Gasteiger partial charge in [0.05, 0.1) is 35.6 Å². The molecule has 4 heterocycles. The Morgan fingerprint density at radius 2 is 1.74 bits per heavy atom. The van der Waals surface area contributed by atoms with Crippen molar-refractivity contribution in [3.05, 3.63) is 47.8 Å². The van der Waals surface area contributed by atoms with E-state index in [2.05, 4.69) is 25.5 Å². The maximum Gasteiger partial charge on any atom is 0.393 e. The molecule has 1 aromatic carbocycles. The van der Waals surface area contributed by atoms with Gasteiger partial charge in [0, 0.05) is 56.8 Å². The number of halogens is 5. The molecule has 226 valence electrons. The fraction of sp³-hybridized carbons (Fsp3) is 0.500. The molecule has 0 aliphatic carbocycles. The van der Waals surface area contributed by atoms with Crippen molar-refractivity contribution in [2.45, 2.75) is 38.5 Å². The van der Waals surface area contributed by atoms with Gasteiger partial charge in [-0.2, -0.15) is 13.2 Å². The van der Waals surface area contributed by atoms with Gasteiger partial charge in [-0.15, -0.1) is 0 Å². The monoisotopic (exact) mass is 593 g/mol. The number of piperidine rings is 1. The topological polar surface area (TPSA) is 93.7 Å². The van der Waals surface area contributed by atoms with E-state index in [-0.39, 0.29) is 35.8 Å². The summed E-state index contributed by atoms with van der Waals surface area (Å²) in [7, 11) is 1.98. The number of alkyl halides is 3. The molecule has 2 amide bonds. The highest BCUT2D eigenvalue weighted by atomic mass is 19.4. The van der Waals surface area contributed by atoms with Crippen LogP contribution in [0.1, 0.15) is 25.8 Å². The highest BCUT2D eigenvalue weighted by Crippen LogP contribution is 2.39. The summed E-state index contributed by atoms with van der Waals surface area (Å²) in [6.07, 6.45) is -1.77. The third-order valence-corrected chi connectivity index (χ3v) is 8.37. The van der Waals surface area contributed by atoms with Crippen molar-refractivity contribution >= 4 is 34.7 Å². The number of hydrogen-bond acceptors (Lipinski definition) is 7. The summed E-state index contributed by atoms with van der Waals surface area (Å²) in [6.45, 7) is 5.10. The molecule has 1 aromatic heterocycles. The van der Waals surface area contributed by atoms with Crippen molar-refractivity contribution in [3.63, 3.8) is 0 Å². The number of nitrogens with one attached hydrogen (secondary N) is 2. The number of nitrogens with zero attached hydrogens (tertiary/aromatic N) is 5. The number of amides is 2. The van der Waals surface area contributed by atoms with Crippen LogP contribution in [0.3, 0.4) is 0 Å². The molecule has 42 heavy (non-hydrogen) atoms. The first kappa shape index (κ1) is 29.7. The molecule has 2 fully saturated rings. The Kier molecular flexibility index (Phi) is 8.10. The first-order valence-corrected chi connectivity index (χ1v) is 13.7. The van der Waals surface area contributed by atoms with Crippen LogP contribution in [0.25, 0.3) is 5.57 Å². The van der Waals surface area contributed by atoms with E-state index in [0.29, 0.717) is 30.9 Å². The Balaban J connectivity index is 1.47. The lowest BCUT2D eigenvalue weighted by atomic mass is 9.84. The van der Waals surface area contributed by atoms with E-state index in [4.69, 9.17) is 0 Å². The van der Waals surface area contributed by atoms with Gasteiger partial charge in [0.25, 0.3) is 0 Å². The van der Waals surface area contributed by atoms with Crippen LogP contribution in [-0.4, -0.2) is 84.7 Å². The fourth-order valence-electron chi connectivity index (χ4n) is 5.77. The van der Waals surface area contributed by atoms with Crippen LogP contribution in [0.4, 0.5) is 39.3 Å². The van der Waals surface area contributed by atoms with Crippen LogP contribution in [0, 0.1) is 23.5 Å². The van der Waals surface area contributed by atoms with Crippen LogP contribution < -0.4 is 20.4 Å². The third kappa shape index (κ3) is 6.03. The molecule has 4 atom stereocenters. The average Bonchev–Trinajstić information content (AvgIpc) is 3.42. The molecule has 2 saturated heterocycles. The third-order valence-electron chi connectivity index (χ3n) is 8.37. The lowest BCUT2D eigenvalue weighted by Crippen LogP contribution is -2.55. The van der Waals surface area contributed by atoms with Gasteiger partial charge in [0.15, 0.2) is 5.82 Å². The van der Waals surface area contributed by atoms with Gasteiger partial charge in [-0.05, 0) is 38.6 Å². The van der Waals surface area contributed by atoms with E-state index in [1.807, 2.05) is 25.8 Å². The predicted molar refractivity (Wildman–Crippen MR) is 147 cm³/mol. The molecule has 0 radical (unpaired) electrons. The molecule has 9 nitrogen and oxygen atoms in total. The van der Waals surface area contributed by atoms with Crippen molar-refractivity contribution in [2.75, 3.05) is 54.9 Å². The van der Waals surface area contributed by atoms with Gasteiger partial charge in [-0.1, -0.05) is 6.08 Å². The molecular weight excluding hydrogens is 561 g/mol. The van der Waals surface area contributed by atoms with Gasteiger partial charge in [0.1, 0.15) is 5.82 Å². The SMILES string of the molecule is C[C@@H]1CN(c2cc(F)c(C3=CCN(c4ncc(F)cn4)C3)cc2NC(=O)C2CNC(=O)CC2C(F)(F)F)C[C@H](C)N1C. The molecule has 0 spiro atoms. The van der Waals surface area contributed by atoms with Crippen molar-refractivity contribution < 1.29 is 31.5 Å². The Hall–Kier alpha value is -3.81. The highest BCUT2D eigenvalue weighted by molar-refractivity contribution is 5.98. The maximum atomic E-state index is 15.8. The lowest BCUT2D eigenvalue weighted by molar-refractivity contribution is -0.197. The Labute approximate surface area is 239 Å². The minimum Gasteiger partial charge on any atom is -0.367 e. The zero-order valence-electron chi connectivity index (χ0n) is 23.4. The second-order valence-corrected chi connectivity index (χ2v) is 11.2. The number of piperazine rings is 1. The molecule has 14 heteroatoms. The van der Waals surface area contributed by atoms with Gasteiger partial charge in [-0.25, -0.2) is 18.7 Å². The number of carbonyl (C=O) groups is 2. The normalized spacial score (nSPS) is 25.3. The quantitative estimate of drug-likeness (QED) is 0.514. The van der Waals surface area contributed by atoms with E-state index in [9.17, 15) is 27.2 Å². The summed E-state index contributed by atoms with van der Waals surface area (Å²) >= 11 is 0. The smallest absolute Gasteiger partial charge is 0.367 e. The van der Waals surface area contributed by atoms with Gasteiger partial charge >= 0.3 is 6.18 Å². The van der Waals surface area contributed by atoms with Gasteiger partial charge < -0.3 is 20.4 Å². The highest BCUT2D eigenvalue weighted by Gasteiger charge is 2.50. The zero-order chi connectivity index (χ0) is 30.3. The van der Waals surface area contributed by atoms with Crippen molar-refractivity contribution in [1.29, 1.82) is 0 Å². The predicted octanol–water partition coefficient (Wildman–Crippen LogP) is 3.44. The first-order valence-electron chi connectivity index (χ1n) is 13.7. The minimum atomic E-state index is -4.75. The summed E-state index contributed by atoms with van der Waals surface area (Å²) in [4.78, 5) is 38.9. The lowest BCUT2D eigenvalue weighted by Gasteiger charge is -2.44. The van der Waals surface area contributed by atoms with Crippen LogP contribution in [0.5, 0.6) is 0 Å². The second kappa shape index (κ2) is 11.5. The molecule has 0 bridgehead atoms. The van der Waals surface area contributed by atoms with Crippen molar-refractivity contribution in [2.24, 2.45) is 11.8 Å². The number of likely N-dealkylation sites (N-methyl/N-ethyl adjacent to an activating group) is 1. The fourth-order valence-corrected chi connectivity index (χ4v) is 5.77. The molecular formula is C28H32F5N7O2. The minimum absolute atomic E-state index is 0.0880. The zero-order valence-corrected chi connectivity index (χ0v) is 23.4. The number of anilines is 3. The van der Waals surface area contributed by atoms with E-state index in [0.717, 1.165) is 12.4 Å². The molecule has 5 rings (SSSR count). The number of carbonyl (C=O) groups excluding carboxylic acids is 2. The maximum absolute atomic E-state index is 15.8. The molecule has 2 aromatic rings. The van der Waals surface area contributed by atoms with E-state index < -0.39 is 54.4 Å². The van der Waals surface area contributed by atoms with E-state index in [1.54, 1.807) is 11.0 Å². The Bertz CT molecular complexity index is 1370. The van der Waals surface area contributed by atoms with E-state index in [1.165, 1.54) is 12.1 Å². The molecule has 3 aliphatic rings. The van der Waals surface area contributed by atoms with E-state index >= 15 is 4.39 Å². The number of benzene rings is 1. The molecule has 3 aliphatic heterocycles. The molecule has 2 N–H and O–H groups in total.